The van der Waals surface area contributed by atoms with Crippen LogP contribution in [-0.4, -0.2) is 16.9 Å². The van der Waals surface area contributed by atoms with Crippen molar-refractivity contribution in [2.75, 3.05) is 5.32 Å². The number of carbonyl (C=O) groups is 1. The monoisotopic (exact) mass is 332 g/mol. The van der Waals surface area contributed by atoms with Crippen LogP contribution in [0, 0.1) is 17.7 Å². The predicted octanol–water partition coefficient (Wildman–Crippen LogP) is 3.38. The zero-order chi connectivity index (χ0) is 17.2. The zero-order valence-corrected chi connectivity index (χ0v) is 14.4. The Labute approximate surface area is 139 Å². The van der Waals surface area contributed by atoms with Gasteiger partial charge in [0.2, 0.25) is 0 Å². The number of nitrogens with two attached hydrogens (primary N) is 1. The molecule has 2 rings (SSSR count). The van der Waals surface area contributed by atoms with Gasteiger partial charge in [0.15, 0.2) is 11.1 Å². The molecule has 0 aliphatic rings. The number of benzene rings is 1. The van der Waals surface area contributed by atoms with Crippen molar-refractivity contribution in [3.63, 3.8) is 0 Å². The van der Waals surface area contributed by atoms with E-state index in [4.69, 9.17) is 15.9 Å². The molecule has 0 fully saturated rings. The highest BCUT2D eigenvalue weighted by Gasteiger charge is 2.23. The molecular formula is C16H20N4O2S. The summed E-state index contributed by atoms with van der Waals surface area (Å²) in [5.74, 6) is 0.0846. The number of aromatic nitrogens is 1. The van der Waals surface area contributed by atoms with Crippen LogP contribution < -0.4 is 15.8 Å². The Morgan fingerprint density at radius 1 is 1.30 bits per heavy atom. The van der Waals surface area contributed by atoms with E-state index < -0.39 is 5.41 Å². The lowest BCUT2D eigenvalue weighted by molar-refractivity contribution is -0.142. The molecule has 0 amide bonds. The van der Waals surface area contributed by atoms with Gasteiger partial charge in [-0.2, -0.15) is 0 Å². The fraction of sp³-hybridized carbons (Fsp3) is 0.312. The number of ether oxygens (including phenoxy) is 1. The van der Waals surface area contributed by atoms with E-state index in [0.717, 1.165) is 16.1 Å². The van der Waals surface area contributed by atoms with Gasteiger partial charge in [0.05, 0.1) is 11.1 Å². The van der Waals surface area contributed by atoms with Gasteiger partial charge in [-0.25, -0.2) is 4.98 Å². The van der Waals surface area contributed by atoms with Crippen LogP contribution in [0.3, 0.4) is 0 Å². The van der Waals surface area contributed by atoms with Gasteiger partial charge in [0.25, 0.3) is 0 Å². The fourth-order valence-electron chi connectivity index (χ4n) is 1.77. The second-order valence-corrected chi connectivity index (χ2v) is 7.33. The molecule has 1 heterocycles. The van der Waals surface area contributed by atoms with E-state index in [-0.39, 0.29) is 11.9 Å². The molecule has 6 nitrogen and oxygen atoms in total. The number of guanidine groups is 1. The number of hydrogen-bond donors (Lipinski definition) is 3. The van der Waals surface area contributed by atoms with E-state index in [1.54, 1.807) is 12.1 Å². The molecular weight excluding hydrogens is 312 g/mol. The molecule has 0 saturated carbocycles. The van der Waals surface area contributed by atoms with Crippen LogP contribution in [-0.2, 0) is 4.79 Å². The molecule has 0 bridgehead atoms. The summed E-state index contributed by atoms with van der Waals surface area (Å²) < 4.78 is 5.34. The Balaban J connectivity index is 2.18. The number of aryl methyl sites for hydroxylation is 1. The molecule has 1 aromatic carbocycles. The maximum atomic E-state index is 11.9. The largest absolute Gasteiger partial charge is 0.426 e. The molecule has 4 N–H and O–H groups in total. The molecule has 0 atom stereocenters. The lowest BCUT2D eigenvalue weighted by Crippen LogP contribution is -2.25. The molecule has 2 aromatic rings. The number of nitrogens with one attached hydrogen (secondary N) is 2. The molecule has 0 saturated heterocycles. The van der Waals surface area contributed by atoms with E-state index in [1.165, 1.54) is 11.3 Å². The topological polar surface area (TPSA) is 101 Å². The second-order valence-electron chi connectivity index (χ2n) is 6.13. The minimum Gasteiger partial charge on any atom is -0.426 e. The number of anilines is 1. The van der Waals surface area contributed by atoms with Crippen LogP contribution in [0.25, 0.3) is 11.3 Å². The van der Waals surface area contributed by atoms with Crippen LogP contribution in [0.1, 0.15) is 25.6 Å². The van der Waals surface area contributed by atoms with Crippen molar-refractivity contribution in [1.29, 1.82) is 5.41 Å². The minimum absolute atomic E-state index is 0.144. The number of hydrogen-bond acceptors (Lipinski definition) is 5. The van der Waals surface area contributed by atoms with Gasteiger partial charge >= 0.3 is 5.97 Å². The third kappa shape index (κ3) is 4.29. The Hall–Kier alpha value is -2.41. The quantitative estimate of drug-likeness (QED) is 0.346. The van der Waals surface area contributed by atoms with E-state index in [1.807, 2.05) is 39.8 Å². The molecule has 1 aromatic heterocycles. The van der Waals surface area contributed by atoms with Gasteiger partial charge in [-0.15, -0.1) is 11.3 Å². The van der Waals surface area contributed by atoms with E-state index >= 15 is 0 Å². The van der Waals surface area contributed by atoms with Crippen molar-refractivity contribution in [3.05, 3.63) is 29.1 Å². The van der Waals surface area contributed by atoms with Crippen LogP contribution >= 0.6 is 11.3 Å². The van der Waals surface area contributed by atoms with E-state index in [2.05, 4.69) is 10.3 Å². The molecule has 0 unspecified atom stereocenters. The average Bonchev–Trinajstić information content (AvgIpc) is 2.78. The van der Waals surface area contributed by atoms with Gasteiger partial charge in [-0.1, -0.05) is 0 Å². The Bertz CT molecular complexity index is 730. The molecule has 7 heteroatoms. The summed E-state index contributed by atoms with van der Waals surface area (Å²) in [5.41, 5.74) is 6.49. The van der Waals surface area contributed by atoms with Gasteiger partial charge in [0.1, 0.15) is 5.75 Å². The Morgan fingerprint density at radius 3 is 2.43 bits per heavy atom. The number of thiazole rings is 1. The van der Waals surface area contributed by atoms with Gasteiger partial charge < -0.3 is 15.8 Å². The smallest absolute Gasteiger partial charge is 0.316 e. The van der Waals surface area contributed by atoms with Crippen molar-refractivity contribution in [2.45, 2.75) is 27.7 Å². The van der Waals surface area contributed by atoms with Crippen molar-refractivity contribution < 1.29 is 9.53 Å². The standard InChI is InChI=1S/C16H20N4O2S/c1-9-12(19-15(23-9)20-14(17)18)10-5-7-11(8-6-10)22-13(21)16(2,3)4/h5-8H,1-4H3,(H4,17,18,19,20). The zero-order valence-electron chi connectivity index (χ0n) is 13.6. The fourth-order valence-corrected chi connectivity index (χ4v) is 2.62. The van der Waals surface area contributed by atoms with Gasteiger partial charge in [-0.3, -0.25) is 10.2 Å². The highest BCUT2D eigenvalue weighted by Crippen LogP contribution is 2.31. The highest BCUT2D eigenvalue weighted by molar-refractivity contribution is 7.16. The summed E-state index contributed by atoms with van der Waals surface area (Å²) in [6, 6.07) is 7.20. The molecule has 0 radical (unpaired) electrons. The predicted molar refractivity (Wildman–Crippen MR) is 92.9 cm³/mol. The third-order valence-corrected chi connectivity index (χ3v) is 3.88. The number of nitrogens with zero attached hydrogens (tertiary/aromatic N) is 1. The van der Waals surface area contributed by atoms with Crippen molar-refractivity contribution >= 4 is 28.4 Å². The first-order chi connectivity index (χ1) is 10.7. The van der Waals surface area contributed by atoms with Crippen LogP contribution in [0.2, 0.25) is 0 Å². The summed E-state index contributed by atoms with van der Waals surface area (Å²) in [4.78, 5) is 17.3. The van der Waals surface area contributed by atoms with Crippen LogP contribution in [0.15, 0.2) is 24.3 Å². The first-order valence-corrected chi connectivity index (χ1v) is 7.89. The maximum Gasteiger partial charge on any atom is 0.316 e. The van der Waals surface area contributed by atoms with E-state index in [0.29, 0.717) is 10.9 Å². The van der Waals surface area contributed by atoms with Crippen LogP contribution in [0.5, 0.6) is 5.75 Å². The summed E-state index contributed by atoms with van der Waals surface area (Å²) >= 11 is 1.43. The lowest BCUT2D eigenvalue weighted by Gasteiger charge is -2.16. The summed E-state index contributed by atoms with van der Waals surface area (Å²) in [5, 5.41) is 10.5. The lowest BCUT2D eigenvalue weighted by atomic mass is 9.97. The second kappa shape index (κ2) is 6.37. The van der Waals surface area contributed by atoms with Gasteiger partial charge in [0, 0.05) is 10.4 Å². The molecule has 0 aliphatic heterocycles. The van der Waals surface area contributed by atoms with Gasteiger partial charge in [-0.05, 0) is 52.0 Å². The first kappa shape index (κ1) is 17.0. The molecule has 23 heavy (non-hydrogen) atoms. The average molecular weight is 332 g/mol. The number of carbonyl (C=O) groups excluding carboxylic acids is 1. The number of esters is 1. The highest BCUT2D eigenvalue weighted by atomic mass is 32.1. The van der Waals surface area contributed by atoms with Crippen molar-refractivity contribution in [2.24, 2.45) is 11.1 Å². The minimum atomic E-state index is -0.544. The molecule has 122 valence electrons. The SMILES string of the molecule is Cc1sc(NC(=N)N)nc1-c1ccc(OC(=O)C(C)(C)C)cc1. The Kier molecular flexibility index (Phi) is 4.70. The number of rotatable bonds is 3. The van der Waals surface area contributed by atoms with Crippen molar-refractivity contribution in [3.8, 4) is 17.0 Å². The first-order valence-electron chi connectivity index (χ1n) is 7.08. The normalized spacial score (nSPS) is 11.1. The maximum absolute atomic E-state index is 11.9. The third-order valence-electron chi connectivity index (χ3n) is 2.99. The van der Waals surface area contributed by atoms with Crippen molar-refractivity contribution in [1.82, 2.24) is 4.98 Å². The summed E-state index contributed by atoms with van der Waals surface area (Å²) in [7, 11) is 0. The summed E-state index contributed by atoms with van der Waals surface area (Å²) in [6.45, 7) is 7.38. The molecule has 0 spiro atoms. The molecule has 0 aliphatic carbocycles. The summed E-state index contributed by atoms with van der Waals surface area (Å²) in [6.07, 6.45) is 0. The van der Waals surface area contributed by atoms with Crippen LogP contribution in [0.4, 0.5) is 5.13 Å². The van der Waals surface area contributed by atoms with E-state index in [9.17, 15) is 4.79 Å². The Morgan fingerprint density at radius 2 is 1.91 bits per heavy atom.